The van der Waals surface area contributed by atoms with Gasteiger partial charge in [-0.25, -0.2) is 0 Å². The lowest BCUT2D eigenvalue weighted by Gasteiger charge is -2.27. The van der Waals surface area contributed by atoms with Crippen LogP contribution in [-0.4, -0.2) is 50.8 Å². The molecule has 0 radical (unpaired) electrons. The van der Waals surface area contributed by atoms with E-state index in [1.807, 2.05) is 6.92 Å². The molecule has 0 aliphatic carbocycles. The highest BCUT2D eigenvalue weighted by Crippen LogP contribution is 2.07. The van der Waals surface area contributed by atoms with Gasteiger partial charge in [-0.15, -0.1) is 0 Å². The minimum Gasteiger partial charge on any atom is -0.469 e. The molecule has 0 saturated carbocycles. The lowest BCUT2D eigenvalue weighted by molar-refractivity contribution is -0.145. The molecule has 82 valence electrons. The Labute approximate surface area is 85.2 Å². The summed E-state index contributed by atoms with van der Waals surface area (Å²) >= 11 is 0. The van der Waals surface area contributed by atoms with Gasteiger partial charge in [0.25, 0.3) is 0 Å². The van der Waals surface area contributed by atoms with E-state index in [2.05, 4.69) is 9.64 Å². The maximum Gasteiger partial charge on any atom is 0.308 e. The predicted molar refractivity (Wildman–Crippen MR) is 53.1 cm³/mol. The third-order valence-corrected chi connectivity index (χ3v) is 2.59. The summed E-state index contributed by atoms with van der Waals surface area (Å²) in [6.07, 6.45) is 0.868. The minimum absolute atomic E-state index is 0.00263. The summed E-state index contributed by atoms with van der Waals surface area (Å²) in [5, 5.41) is 0. The number of methoxy groups -OCH3 is 1. The van der Waals surface area contributed by atoms with Gasteiger partial charge in [0, 0.05) is 13.1 Å². The van der Waals surface area contributed by atoms with E-state index in [0.717, 1.165) is 39.3 Å². The standard InChI is InChI=1S/C10H19NO3/c1-9(10(12)13-2)3-4-11-5-7-14-8-6-11/h9H,3-8H2,1-2H3. The van der Waals surface area contributed by atoms with E-state index in [4.69, 9.17) is 4.74 Å². The smallest absolute Gasteiger partial charge is 0.308 e. The third kappa shape index (κ3) is 3.64. The fourth-order valence-electron chi connectivity index (χ4n) is 1.52. The zero-order valence-electron chi connectivity index (χ0n) is 8.99. The predicted octanol–water partition coefficient (Wildman–Crippen LogP) is 0.518. The summed E-state index contributed by atoms with van der Waals surface area (Å²) < 4.78 is 9.91. The number of hydrogen-bond donors (Lipinski definition) is 0. The van der Waals surface area contributed by atoms with Crippen LogP contribution in [0.2, 0.25) is 0 Å². The van der Waals surface area contributed by atoms with Crippen LogP contribution in [0.15, 0.2) is 0 Å². The lowest BCUT2D eigenvalue weighted by Crippen LogP contribution is -2.37. The van der Waals surface area contributed by atoms with Crippen LogP contribution in [0.1, 0.15) is 13.3 Å². The van der Waals surface area contributed by atoms with Gasteiger partial charge in [-0.2, -0.15) is 0 Å². The molecule has 1 aliphatic heterocycles. The molecule has 1 aliphatic rings. The summed E-state index contributed by atoms with van der Waals surface area (Å²) in [5.74, 6) is -0.110. The van der Waals surface area contributed by atoms with Crippen molar-refractivity contribution < 1.29 is 14.3 Å². The largest absolute Gasteiger partial charge is 0.469 e. The summed E-state index contributed by atoms with van der Waals surface area (Å²) in [4.78, 5) is 13.4. The first-order chi connectivity index (χ1) is 6.74. The Morgan fingerprint density at radius 1 is 1.50 bits per heavy atom. The first-order valence-corrected chi connectivity index (χ1v) is 5.12. The zero-order valence-corrected chi connectivity index (χ0v) is 8.99. The Kier molecular flexibility index (Phi) is 4.90. The highest BCUT2D eigenvalue weighted by molar-refractivity contribution is 5.71. The van der Waals surface area contributed by atoms with Crippen LogP contribution < -0.4 is 0 Å². The summed E-state index contributed by atoms with van der Waals surface area (Å²) in [7, 11) is 1.44. The van der Waals surface area contributed by atoms with Crippen LogP contribution in [0, 0.1) is 5.92 Å². The molecule has 1 rings (SSSR count). The topological polar surface area (TPSA) is 38.8 Å². The summed E-state index contributed by atoms with van der Waals surface area (Å²) in [6, 6.07) is 0. The number of hydrogen-bond acceptors (Lipinski definition) is 4. The van der Waals surface area contributed by atoms with Crippen molar-refractivity contribution in [1.29, 1.82) is 0 Å². The number of nitrogens with zero attached hydrogens (tertiary/aromatic N) is 1. The number of esters is 1. The third-order valence-electron chi connectivity index (χ3n) is 2.59. The van der Waals surface area contributed by atoms with Gasteiger partial charge in [0.2, 0.25) is 0 Å². The first-order valence-electron chi connectivity index (χ1n) is 5.12. The Hall–Kier alpha value is -0.610. The molecule has 0 spiro atoms. The van der Waals surface area contributed by atoms with E-state index in [9.17, 15) is 4.79 Å². The summed E-state index contributed by atoms with van der Waals surface area (Å²) in [6.45, 7) is 6.45. The first kappa shape index (κ1) is 11.5. The highest BCUT2D eigenvalue weighted by atomic mass is 16.5. The average molecular weight is 201 g/mol. The van der Waals surface area contributed by atoms with Crippen molar-refractivity contribution in [3.63, 3.8) is 0 Å². The van der Waals surface area contributed by atoms with Crippen LogP contribution in [0.25, 0.3) is 0 Å². The van der Waals surface area contributed by atoms with Gasteiger partial charge < -0.3 is 9.47 Å². The summed E-state index contributed by atoms with van der Waals surface area (Å²) in [5.41, 5.74) is 0. The molecule has 1 atom stereocenters. The maximum absolute atomic E-state index is 11.1. The fraction of sp³-hybridized carbons (Fsp3) is 0.900. The molecule has 4 nitrogen and oxygen atoms in total. The Morgan fingerprint density at radius 2 is 2.14 bits per heavy atom. The van der Waals surface area contributed by atoms with E-state index in [0.29, 0.717) is 0 Å². The van der Waals surface area contributed by atoms with E-state index in [-0.39, 0.29) is 11.9 Å². The quantitative estimate of drug-likeness (QED) is 0.621. The fourth-order valence-corrected chi connectivity index (χ4v) is 1.52. The van der Waals surface area contributed by atoms with Gasteiger partial charge in [-0.1, -0.05) is 6.92 Å². The number of carbonyl (C=O) groups excluding carboxylic acids is 1. The Morgan fingerprint density at radius 3 is 2.71 bits per heavy atom. The normalized spacial score (nSPS) is 20.4. The molecular formula is C10H19NO3. The number of carbonyl (C=O) groups is 1. The second-order valence-electron chi connectivity index (χ2n) is 3.67. The van der Waals surface area contributed by atoms with Crippen molar-refractivity contribution in [1.82, 2.24) is 4.90 Å². The van der Waals surface area contributed by atoms with Crippen molar-refractivity contribution in [2.24, 2.45) is 5.92 Å². The van der Waals surface area contributed by atoms with Crippen LogP contribution in [0.5, 0.6) is 0 Å². The van der Waals surface area contributed by atoms with Gasteiger partial charge in [-0.05, 0) is 13.0 Å². The molecule has 0 bridgehead atoms. The number of rotatable bonds is 4. The monoisotopic (exact) mass is 201 g/mol. The molecule has 14 heavy (non-hydrogen) atoms. The van der Waals surface area contributed by atoms with Gasteiger partial charge in [0.15, 0.2) is 0 Å². The molecule has 0 aromatic carbocycles. The second kappa shape index (κ2) is 5.98. The SMILES string of the molecule is COC(=O)C(C)CCN1CCOCC1. The van der Waals surface area contributed by atoms with Gasteiger partial charge in [0.05, 0.1) is 26.2 Å². The van der Waals surface area contributed by atoms with Crippen molar-refractivity contribution in [2.75, 3.05) is 40.0 Å². The molecule has 1 saturated heterocycles. The van der Waals surface area contributed by atoms with Crippen molar-refractivity contribution in [2.45, 2.75) is 13.3 Å². The minimum atomic E-state index is -0.113. The molecule has 1 fully saturated rings. The van der Waals surface area contributed by atoms with Crippen LogP contribution in [-0.2, 0) is 14.3 Å². The molecule has 1 unspecified atom stereocenters. The van der Waals surface area contributed by atoms with Gasteiger partial charge in [-0.3, -0.25) is 9.69 Å². The van der Waals surface area contributed by atoms with E-state index in [1.54, 1.807) is 0 Å². The average Bonchev–Trinajstić information content (AvgIpc) is 2.26. The maximum atomic E-state index is 11.1. The van der Waals surface area contributed by atoms with Gasteiger partial charge >= 0.3 is 5.97 Å². The molecule has 0 amide bonds. The Bertz CT molecular complexity index is 178. The van der Waals surface area contributed by atoms with Crippen molar-refractivity contribution >= 4 is 5.97 Å². The molecule has 1 heterocycles. The number of ether oxygens (including phenoxy) is 2. The van der Waals surface area contributed by atoms with Crippen LogP contribution >= 0.6 is 0 Å². The molecule has 4 heteroatoms. The molecule has 0 aromatic rings. The highest BCUT2D eigenvalue weighted by Gasteiger charge is 2.16. The van der Waals surface area contributed by atoms with Gasteiger partial charge in [0.1, 0.15) is 0 Å². The number of morpholine rings is 1. The van der Waals surface area contributed by atoms with Crippen LogP contribution in [0.3, 0.4) is 0 Å². The Balaban J connectivity index is 2.15. The van der Waals surface area contributed by atoms with Crippen molar-refractivity contribution in [3.8, 4) is 0 Å². The van der Waals surface area contributed by atoms with Crippen molar-refractivity contribution in [3.05, 3.63) is 0 Å². The van der Waals surface area contributed by atoms with E-state index >= 15 is 0 Å². The zero-order chi connectivity index (χ0) is 10.4. The molecular weight excluding hydrogens is 182 g/mol. The molecule has 0 aromatic heterocycles. The van der Waals surface area contributed by atoms with E-state index < -0.39 is 0 Å². The van der Waals surface area contributed by atoms with Crippen LogP contribution in [0.4, 0.5) is 0 Å². The molecule has 0 N–H and O–H groups in total. The second-order valence-corrected chi connectivity index (χ2v) is 3.67. The van der Waals surface area contributed by atoms with E-state index in [1.165, 1.54) is 7.11 Å². The lowest BCUT2D eigenvalue weighted by atomic mass is 10.1.